The minimum absolute atomic E-state index is 0.484. The van der Waals surface area contributed by atoms with Crippen LogP contribution in [0.1, 0.15) is 0 Å². The predicted octanol–water partition coefficient (Wildman–Crippen LogP) is 5.59. The van der Waals surface area contributed by atoms with E-state index in [1.165, 1.54) is 0 Å². The van der Waals surface area contributed by atoms with Crippen LogP contribution < -0.4 is 0 Å². The van der Waals surface area contributed by atoms with Gasteiger partial charge in [-0.3, -0.25) is 0 Å². The smallest absolute Gasteiger partial charge is 0.211 e. The van der Waals surface area contributed by atoms with Crippen molar-refractivity contribution < 1.29 is 9.59 Å². The molecule has 0 saturated heterocycles. The van der Waals surface area contributed by atoms with Crippen LogP contribution in [0.5, 0.6) is 0 Å². The van der Waals surface area contributed by atoms with E-state index in [-0.39, 0.29) is 0 Å². The Morgan fingerprint density at radius 2 is 0.962 bits per heavy atom. The molecule has 0 aliphatic carbocycles. The summed E-state index contributed by atoms with van der Waals surface area (Å²) in [6.45, 7) is 0. The quantitative estimate of drug-likeness (QED) is 0.361. The molecule has 0 saturated carbocycles. The van der Waals surface area contributed by atoms with Gasteiger partial charge in [-0.1, -0.05) is 60.7 Å². The summed E-state index contributed by atoms with van der Waals surface area (Å²) < 4.78 is 0. The molecule has 4 aromatic carbocycles. The molecule has 0 unspecified atom stereocenters. The lowest BCUT2D eigenvalue weighted by atomic mass is 9.91. The summed E-state index contributed by atoms with van der Waals surface area (Å²) in [5, 5.41) is 3.84. The molecule has 0 aliphatic heterocycles. The van der Waals surface area contributed by atoms with Crippen LogP contribution in [0.25, 0.3) is 32.7 Å². The van der Waals surface area contributed by atoms with Crippen molar-refractivity contribution >= 4 is 45.1 Å². The molecule has 0 radical (unpaired) electrons. The molecule has 0 bridgehead atoms. The van der Waals surface area contributed by atoms with Crippen LogP contribution in [-0.2, 0) is 9.59 Å². The minimum atomic E-state index is 0.484. The van der Waals surface area contributed by atoms with Crippen molar-refractivity contribution in [2.75, 3.05) is 0 Å². The molecule has 0 fully saturated rings. The fourth-order valence-corrected chi connectivity index (χ4v) is 3.33. The van der Waals surface area contributed by atoms with Crippen LogP contribution in [0, 0.1) is 0 Å². The maximum Gasteiger partial charge on any atom is 0.240 e. The summed E-state index contributed by atoms with van der Waals surface area (Å²) in [7, 11) is 0. The SMILES string of the molecule is O=C=Nc1ccc2ccccc2c1-c1c(N=C=O)ccc2ccccc12. The normalized spacial score (nSPS) is 10.3. The molecule has 26 heavy (non-hydrogen) atoms. The predicted molar refractivity (Wildman–Crippen MR) is 102 cm³/mol. The first-order chi connectivity index (χ1) is 12.8. The number of hydrogen-bond acceptors (Lipinski definition) is 4. The average molecular weight is 336 g/mol. The molecule has 122 valence electrons. The van der Waals surface area contributed by atoms with E-state index >= 15 is 0 Å². The second-order valence-corrected chi connectivity index (χ2v) is 5.77. The lowest BCUT2D eigenvalue weighted by Gasteiger charge is -2.14. The van der Waals surface area contributed by atoms with Crippen molar-refractivity contribution in [3.05, 3.63) is 72.8 Å². The molecule has 0 heterocycles. The van der Waals surface area contributed by atoms with Crippen molar-refractivity contribution in [1.29, 1.82) is 0 Å². The van der Waals surface area contributed by atoms with Crippen LogP contribution in [-0.4, -0.2) is 12.2 Å². The highest BCUT2D eigenvalue weighted by Crippen LogP contribution is 2.45. The van der Waals surface area contributed by atoms with Crippen molar-refractivity contribution in [2.24, 2.45) is 9.98 Å². The van der Waals surface area contributed by atoms with Crippen LogP contribution in [0.15, 0.2) is 82.8 Å². The Balaban J connectivity index is 2.26. The van der Waals surface area contributed by atoms with Gasteiger partial charge in [0.15, 0.2) is 0 Å². The lowest BCUT2D eigenvalue weighted by Crippen LogP contribution is -1.87. The fraction of sp³-hybridized carbons (Fsp3) is 0. The second kappa shape index (κ2) is 6.58. The molecular formula is C22H12N2O2. The molecule has 0 amide bonds. The molecule has 4 aromatic rings. The third kappa shape index (κ3) is 2.52. The van der Waals surface area contributed by atoms with Gasteiger partial charge in [0.1, 0.15) is 0 Å². The molecule has 0 aliphatic rings. The van der Waals surface area contributed by atoms with Gasteiger partial charge in [-0.25, -0.2) is 9.59 Å². The van der Waals surface area contributed by atoms with Crippen molar-refractivity contribution in [1.82, 2.24) is 0 Å². The number of isocyanates is 2. The highest BCUT2D eigenvalue weighted by Gasteiger charge is 2.16. The minimum Gasteiger partial charge on any atom is -0.211 e. The van der Waals surface area contributed by atoms with Crippen LogP contribution >= 0.6 is 0 Å². The Morgan fingerprint density at radius 3 is 1.38 bits per heavy atom. The number of fused-ring (bicyclic) bond motifs is 2. The van der Waals surface area contributed by atoms with E-state index in [0.29, 0.717) is 11.4 Å². The Kier molecular flexibility index (Phi) is 3.97. The first-order valence-corrected chi connectivity index (χ1v) is 8.03. The first-order valence-electron chi connectivity index (χ1n) is 8.03. The van der Waals surface area contributed by atoms with E-state index in [9.17, 15) is 9.59 Å². The van der Waals surface area contributed by atoms with E-state index in [1.54, 1.807) is 24.3 Å². The molecule has 0 spiro atoms. The second-order valence-electron chi connectivity index (χ2n) is 5.77. The van der Waals surface area contributed by atoms with Crippen molar-refractivity contribution in [2.45, 2.75) is 0 Å². The number of rotatable bonds is 3. The van der Waals surface area contributed by atoms with E-state index in [2.05, 4.69) is 9.98 Å². The van der Waals surface area contributed by atoms with Gasteiger partial charge in [0, 0.05) is 11.1 Å². The van der Waals surface area contributed by atoms with Gasteiger partial charge in [0.25, 0.3) is 0 Å². The van der Waals surface area contributed by atoms with Crippen LogP contribution in [0.2, 0.25) is 0 Å². The summed E-state index contributed by atoms with van der Waals surface area (Å²) in [5.41, 5.74) is 2.46. The maximum atomic E-state index is 11.0. The summed E-state index contributed by atoms with van der Waals surface area (Å²) >= 11 is 0. The Hall–Kier alpha value is -3.84. The highest BCUT2D eigenvalue weighted by molar-refractivity contribution is 6.13. The lowest BCUT2D eigenvalue weighted by molar-refractivity contribution is 0.564. The third-order valence-corrected chi connectivity index (χ3v) is 4.40. The summed E-state index contributed by atoms with van der Waals surface area (Å²) in [5.74, 6) is 0. The fourth-order valence-electron chi connectivity index (χ4n) is 3.33. The number of carbonyl (C=O) groups excluding carboxylic acids is 2. The number of nitrogens with zero attached hydrogens (tertiary/aromatic N) is 2. The zero-order valence-corrected chi connectivity index (χ0v) is 13.6. The molecule has 0 aromatic heterocycles. The molecule has 0 N–H and O–H groups in total. The van der Waals surface area contributed by atoms with Gasteiger partial charge >= 0.3 is 0 Å². The highest BCUT2D eigenvalue weighted by atomic mass is 16.1. The van der Waals surface area contributed by atoms with Gasteiger partial charge in [-0.15, -0.1) is 0 Å². The van der Waals surface area contributed by atoms with Gasteiger partial charge in [0.05, 0.1) is 11.4 Å². The first kappa shape index (κ1) is 15.7. The summed E-state index contributed by atoms with van der Waals surface area (Å²) in [4.78, 5) is 29.8. The van der Waals surface area contributed by atoms with E-state index in [1.807, 2.05) is 60.7 Å². The molecular weight excluding hydrogens is 324 g/mol. The Labute approximate surface area is 149 Å². The zero-order chi connectivity index (χ0) is 17.9. The van der Waals surface area contributed by atoms with E-state index in [4.69, 9.17) is 0 Å². The average Bonchev–Trinajstić information content (AvgIpc) is 2.69. The Morgan fingerprint density at radius 1 is 0.538 bits per heavy atom. The zero-order valence-electron chi connectivity index (χ0n) is 13.6. The van der Waals surface area contributed by atoms with Crippen LogP contribution in [0.4, 0.5) is 11.4 Å². The third-order valence-electron chi connectivity index (χ3n) is 4.40. The maximum absolute atomic E-state index is 11.0. The number of hydrogen-bond donors (Lipinski definition) is 0. The van der Waals surface area contributed by atoms with Crippen molar-refractivity contribution in [3.63, 3.8) is 0 Å². The van der Waals surface area contributed by atoms with Gasteiger partial charge in [-0.2, -0.15) is 9.98 Å². The monoisotopic (exact) mass is 336 g/mol. The molecule has 0 atom stereocenters. The summed E-state index contributed by atoms with van der Waals surface area (Å²) in [6, 6.07) is 23.0. The van der Waals surface area contributed by atoms with Gasteiger partial charge < -0.3 is 0 Å². The molecule has 4 heteroatoms. The Bertz CT molecular complexity index is 1150. The molecule has 4 rings (SSSR count). The van der Waals surface area contributed by atoms with Gasteiger partial charge in [0.2, 0.25) is 12.2 Å². The summed E-state index contributed by atoms with van der Waals surface area (Å²) in [6.07, 6.45) is 3.25. The largest absolute Gasteiger partial charge is 0.240 e. The van der Waals surface area contributed by atoms with Gasteiger partial charge in [-0.05, 0) is 33.7 Å². The molecule has 4 nitrogen and oxygen atoms in total. The number of benzene rings is 4. The van der Waals surface area contributed by atoms with Crippen LogP contribution in [0.3, 0.4) is 0 Å². The topological polar surface area (TPSA) is 58.9 Å². The van der Waals surface area contributed by atoms with E-state index < -0.39 is 0 Å². The van der Waals surface area contributed by atoms with Crippen molar-refractivity contribution in [3.8, 4) is 11.1 Å². The number of aliphatic imine (C=N–C) groups is 2. The standard InChI is InChI=1S/C22H12N2O2/c25-13-23-19-11-9-15-5-1-3-7-17(15)21(19)22-18-8-4-2-6-16(18)10-12-20(22)24-14-26/h1-12H. The van der Waals surface area contributed by atoms with E-state index in [0.717, 1.165) is 32.7 Å².